The highest BCUT2D eigenvalue weighted by Gasteiger charge is 2.19. The second-order valence-corrected chi connectivity index (χ2v) is 7.74. The molecule has 4 nitrogen and oxygen atoms in total. The van der Waals surface area contributed by atoms with Crippen molar-refractivity contribution < 1.29 is 4.79 Å². The maximum atomic E-state index is 13.0. The molecule has 0 unspecified atom stereocenters. The minimum atomic E-state index is -0.376. The van der Waals surface area contributed by atoms with Crippen LogP contribution >= 0.6 is 11.6 Å². The van der Waals surface area contributed by atoms with Crippen LogP contribution in [0.4, 0.5) is 0 Å². The zero-order valence-corrected chi connectivity index (χ0v) is 17.6. The standard InChI is InChI=1S/C23H25ClN2O2/c1-6-26-12-20(22(27)19-11-17(24)7-8-21(19)26)23(28)25-16(5)18-10-14(3)13(2)9-15(18)4/h7-12,16H,6H2,1-5H3,(H,25,28)/t16-/m0/s1. The minimum absolute atomic E-state index is 0.130. The summed E-state index contributed by atoms with van der Waals surface area (Å²) < 4.78 is 1.90. The summed E-state index contributed by atoms with van der Waals surface area (Å²) in [5.74, 6) is -0.376. The average molecular weight is 397 g/mol. The summed E-state index contributed by atoms with van der Waals surface area (Å²) in [6.07, 6.45) is 1.63. The van der Waals surface area contributed by atoms with E-state index < -0.39 is 0 Å². The molecule has 0 saturated carbocycles. The number of rotatable bonds is 4. The van der Waals surface area contributed by atoms with Crippen molar-refractivity contribution >= 4 is 28.4 Å². The molecule has 0 bridgehead atoms. The van der Waals surface area contributed by atoms with Gasteiger partial charge in [0.15, 0.2) is 0 Å². The first-order chi connectivity index (χ1) is 13.2. The van der Waals surface area contributed by atoms with Gasteiger partial charge in [-0.25, -0.2) is 0 Å². The van der Waals surface area contributed by atoms with Gasteiger partial charge in [0.1, 0.15) is 5.56 Å². The van der Waals surface area contributed by atoms with Gasteiger partial charge in [0.2, 0.25) is 5.43 Å². The van der Waals surface area contributed by atoms with Crippen LogP contribution in [0.3, 0.4) is 0 Å². The fraction of sp³-hybridized carbons (Fsp3) is 0.304. The SMILES string of the molecule is CCn1cc(C(=O)N[C@@H](C)c2cc(C)c(C)cc2C)c(=O)c2cc(Cl)ccc21. The fourth-order valence-electron chi connectivity index (χ4n) is 3.59. The van der Waals surface area contributed by atoms with Crippen LogP contribution in [0.5, 0.6) is 0 Å². The Kier molecular flexibility index (Phi) is 5.61. The van der Waals surface area contributed by atoms with E-state index in [0.29, 0.717) is 17.0 Å². The molecule has 1 atom stereocenters. The number of aromatic nitrogens is 1. The summed E-state index contributed by atoms with van der Waals surface area (Å²) in [6, 6.07) is 9.19. The van der Waals surface area contributed by atoms with Crippen LogP contribution in [0.15, 0.2) is 41.3 Å². The van der Waals surface area contributed by atoms with Gasteiger partial charge in [0.05, 0.1) is 11.6 Å². The molecule has 1 heterocycles. The second-order valence-electron chi connectivity index (χ2n) is 7.31. The molecule has 0 spiro atoms. The Morgan fingerprint density at radius 3 is 2.46 bits per heavy atom. The predicted octanol–water partition coefficient (Wildman–Crippen LogP) is 5.09. The van der Waals surface area contributed by atoms with Gasteiger partial charge in [-0.2, -0.15) is 0 Å². The van der Waals surface area contributed by atoms with Crippen molar-refractivity contribution in [1.29, 1.82) is 0 Å². The van der Waals surface area contributed by atoms with Gasteiger partial charge < -0.3 is 9.88 Å². The lowest BCUT2D eigenvalue weighted by Gasteiger charge is -2.19. The lowest BCUT2D eigenvalue weighted by Crippen LogP contribution is -2.32. The number of hydrogen-bond acceptors (Lipinski definition) is 2. The monoisotopic (exact) mass is 396 g/mol. The number of fused-ring (bicyclic) bond motifs is 1. The summed E-state index contributed by atoms with van der Waals surface area (Å²) >= 11 is 6.08. The van der Waals surface area contributed by atoms with Gasteiger partial charge in [0.25, 0.3) is 5.91 Å². The molecule has 0 aliphatic carbocycles. The Morgan fingerprint density at radius 2 is 1.79 bits per heavy atom. The number of aryl methyl sites for hydroxylation is 4. The average Bonchev–Trinajstić information content (AvgIpc) is 2.65. The number of benzene rings is 2. The largest absolute Gasteiger partial charge is 0.347 e. The second kappa shape index (κ2) is 7.80. The molecule has 0 aliphatic heterocycles. The molecule has 28 heavy (non-hydrogen) atoms. The Balaban J connectivity index is 2.01. The third-order valence-electron chi connectivity index (χ3n) is 5.32. The van der Waals surface area contributed by atoms with Crippen molar-refractivity contribution in [3.8, 4) is 0 Å². The predicted molar refractivity (Wildman–Crippen MR) is 115 cm³/mol. The Morgan fingerprint density at radius 1 is 1.11 bits per heavy atom. The summed E-state index contributed by atoms with van der Waals surface area (Å²) in [7, 11) is 0. The molecule has 1 aromatic heterocycles. The van der Waals surface area contributed by atoms with Gasteiger partial charge in [0, 0.05) is 23.2 Å². The maximum Gasteiger partial charge on any atom is 0.257 e. The van der Waals surface area contributed by atoms with Gasteiger partial charge in [-0.05, 0) is 75.1 Å². The number of carbonyl (C=O) groups is 1. The molecule has 1 amide bonds. The van der Waals surface area contributed by atoms with Crippen molar-refractivity contribution in [1.82, 2.24) is 9.88 Å². The highest BCUT2D eigenvalue weighted by molar-refractivity contribution is 6.31. The van der Waals surface area contributed by atoms with E-state index in [-0.39, 0.29) is 22.9 Å². The molecule has 0 saturated heterocycles. The third-order valence-corrected chi connectivity index (χ3v) is 5.56. The third kappa shape index (κ3) is 3.69. The molecule has 3 aromatic rings. The summed E-state index contributed by atoms with van der Waals surface area (Å²) in [5, 5.41) is 3.92. The van der Waals surface area contributed by atoms with E-state index in [1.54, 1.807) is 18.3 Å². The molecule has 146 valence electrons. The first kappa shape index (κ1) is 20.2. The Labute approximate surface area is 170 Å². The van der Waals surface area contributed by atoms with Crippen LogP contribution in [0.1, 0.15) is 52.5 Å². The number of pyridine rings is 1. The summed E-state index contributed by atoms with van der Waals surface area (Å²) in [5.41, 5.74) is 5.16. The van der Waals surface area contributed by atoms with Crippen LogP contribution in [0.2, 0.25) is 5.02 Å². The molecule has 0 radical (unpaired) electrons. The lowest BCUT2D eigenvalue weighted by atomic mass is 9.96. The number of halogens is 1. The molecule has 2 aromatic carbocycles. The first-order valence-electron chi connectivity index (χ1n) is 9.44. The number of amides is 1. The van der Waals surface area contributed by atoms with Crippen molar-refractivity contribution in [2.24, 2.45) is 0 Å². The molecular weight excluding hydrogens is 372 g/mol. The van der Waals surface area contributed by atoms with E-state index in [1.807, 2.05) is 31.4 Å². The van der Waals surface area contributed by atoms with E-state index >= 15 is 0 Å². The normalized spacial score (nSPS) is 12.2. The Bertz CT molecular complexity index is 1130. The topological polar surface area (TPSA) is 51.1 Å². The quantitative estimate of drug-likeness (QED) is 0.667. The van der Waals surface area contributed by atoms with E-state index in [9.17, 15) is 9.59 Å². The molecule has 3 rings (SSSR count). The van der Waals surface area contributed by atoms with Gasteiger partial charge >= 0.3 is 0 Å². The maximum absolute atomic E-state index is 13.0. The number of nitrogens with zero attached hydrogens (tertiary/aromatic N) is 1. The van der Waals surface area contributed by atoms with E-state index in [1.165, 1.54) is 11.1 Å². The number of carbonyl (C=O) groups excluding carboxylic acids is 1. The highest BCUT2D eigenvalue weighted by atomic mass is 35.5. The fourth-order valence-corrected chi connectivity index (χ4v) is 3.77. The van der Waals surface area contributed by atoms with Gasteiger partial charge in [-0.3, -0.25) is 9.59 Å². The number of hydrogen-bond donors (Lipinski definition) is 1. The van der Waals surface area contributed by atoms with Crippen LogP contribution in [-0.4, -0.2) is 10.5 Å². The first-order valence-corrected chi connectivity index (χ1v) is 9.82. The number of nitrogens with one attached hydrogen (secondary N) is 1. The molecule has 0 fully saturated rings. The van der Waals surface area contributed by atoms with Crippen LogP contribution in [-0.2, 0) is 6.54 Å². The zero-order valence-electron chi connectivity index (χ0n) is 16.9. The molecular formula is C23H25ClN2O2. The molecule has 1 N–H and O–H groups in total. The van der Waals surface area contributed by atoms with Crippen LogP contribution < -0.4 is 10.7 Å². The minimum Gasteiger partial charge on any atom is -0.347 e. The summed E-state index contributed by atoms with van der Waals surface area (Å²) in [6.45, 7) is 10.7. The smallest absolute Gasteiger partial charge is 0.257 e. The molecule has 0 aliphatic rings. The Hall–Kier alpha value is -2.59. The van der Waals surface area contributed by atoms with Crippen molar-refractivity contribution in [2.45, 2.75) is 47.2 Å². The van der Waals surface area contributed by atoms with Gasteiger partial charge in [-0.1, -0.05) is 23.7 Å². The van der Waals surface area contributed by atoms with E-state index in [2.05, 4.69) is 31.3 Å². The lowest BCUT2D eigenvalue weighted by molar-refractivity contribution is 0.0938. The van der Waals surface area contributed by atoms with Crippen molar-refractivity contribution in [2.75, 3.05) is 0 Å². The highest BCUT2D eigenvalue weighted by Crippen LogP contribution is 2.22. The van der Waals surface area contributed by atoms with Gasteiger partial charge in [-0.15, -0.1) is 0 Å². The van der Waals surface area contributed by atoms with E-state index in [0.717, 1.165) is 16.6 Å². The van der Waals surface area contributed by atoms with Crippen molar-refractivity contribution in [3.63, 3.8) is 0 Å². The van der Waals surface area contributed by atoms with Crippen molar-refractivity contribution in [3.05, 3.63) is 79.6 Å². The summed E-state index contributed by atoms with van der Waals surface area (Å²) in [4.78, 5) is 25.9. The zero-order chi connectivity index (χ0) is 20.6. The van der Waals surface area contributed by atoms with Crippen LogP contribution in [0, 0.1) is 20.8 Å². The van der Waals surface area contributed by atoms with E-state index in [4.69, 9.17) is 11.6 Å². The van der Waals surface area contributed by atoms with Crippen LogP contribution in [0.25, 0.3) is 10.9 Å². The molecule has 5 heteroatoms.